The van der Waals surface area contributed by atoms with Crippen LogP contribution in [0.5, 0.6) is 0 Å². The number of primary amides is 1. The summed E-state index contributed by atoms with van der Waals surface area (Å²) in [6, 6.07) is 3.98. The van der Waals surface area contributed by atoms with Gasteiger partial charge in [0.05, 0.1) is 12.6 Å². The van der Waals surface area contributed by atoms with Crippen LogP contribution in [0.1, 0.15) is 18.5 Å². The van der Waals surface area contributed by atoms with Gasteiger partial charge in [-0.15, -0.1) is 0 Å². The Hall–Kier alpha value is -1.46. The number of carbonyl (C=O) groups is 2. The molecule has 0 heterocycles. The Bertz CT molecular complexity index is 466. The molecule has 1 rings (SSSR count). The Morgan fingerprint density at radius 3 is 2.61 bits per heavy atom. The summed E-state index contributed by atoms with van der Waals surface area (Å²) >= 11 is 11.8. The second-order valence-corrected chi connectivity index (χ2v) is 4.52. The van der Waals surface area contributed by atoms with Crippen LogP contribution < -0.4 is 16.4 Å². The summed E-state index contributed by atoms with van der Waals surface area (Å²) in [6.07, 6.45) is 0. The first-order valence-corrected chi connectivity index (χ1v) is 5.93. The molecule has 1 aromatic rings. The highest BCUT2D eigenvalue weighted by molar-refractivity contribution is 6.35. The van der Waals surface area contributed by atoms with E-state index in [4.69, 9.17) is 28.9 Å². The van der Waals surface area contributed by atoms with Crippen molar-refractivity contribution < 1.29 is 9.59 Å². The maximum Gasteiger partial charge on any atom is 0.312 e. The minimum Gasteiger partial charge on any atom is -0.352 e. The van der Waals surface area contributed by atoms with E-state index >= 15 is 0 Å². The van der Waals surface area contributed by atoms with Gasteiger partial charge in [-0.3, -0.25) is 4.79 Å². The zero-order chi connectivity index (χ0) is 13.7. The van der Waals surface area contributed by atoms with Crippen LogP contribution in [0.2, 0.25) is 10.0 Å². The zero-order valence-corrected chi connectivity index (χ0v) is 11.2. The molecule has 0 fully saturated rings. The van der Waals surface area contributed by atoms with Crippen LogP contribution in [-0.2, 0) is 4.79 Å². The SMILES string of the molecule is CC(NC(=O)CNC(N)=O)c1ccc(Cl)cc1Cl. The molecule has 4 N–H and O–H groups in total. The first-order valence-electron chi connectivity index (χ1n) is 5.17. The minimum absolute atomic E-state index is 0.176. The number of rotatable bonds is 4. The Morgan fingerprint density at radius 1 is 1.39 bits per heavy atom. The van der Waals surface area contributed by atoms with Crippen LogP contribution in [0, 0.1) is 0 Å². The maximum atomic E-state index is 11.5. The minimum atomic E-state index is -0.748. The number of hydrogen-bond donors (Lipinski definition) is 3. The van der Waals surface area contributed by atoms with Crippen molar-refractivity contribution in [3.05, 3.63) is 33.8 Å². The molecule has 0 aliphatic rings. The first kappa shape index (κ1) is 14.6. The second kappa shape index (κ2) is 6.47. The number of benzene rings is 1. The van der Waals surface area contributed by atoms with Crippen molar-refractivity contribution in [3.8, 4) is 0 Å². The van der Waals surface area contributed by atoms with Crippen molar-refractivity contribution in [2.75, 3.05) is 6.54 Å². The van der Waals surface area contributed by atoms with E-state index in [0.29, 0.717) is 10.0 Å². The average Bonchev–Trinajstić information content (AvgIpc) is 2.26. The highest BCUT2D eigenvalue weighted by Crippen LogP contribution is 2.25. The maximum absolute atomic E-state index is 11.5. The summed E-state index contributed by atoms with van der Waals surface area (Å²) in [6.45, 7) is 1.60. The van der Waals surface area contributed by atoms with Gasteiger partial charge in [-0.25, -0.2) is 4.79 Å². The predicted molar refractivity (Wildman–Crippen MR) is 70.6 cm³/mol. The fourth-order valence-electron chi connectivity index (χ4n) is 1.39. The number of urea groups is 1. The lowest BCUT2D eigenvalue weighted by Gasteiger charge is -2.16. The Kier molecular flexibility index (Phi) is 5.25. The smallest absolute Gasteiger partial charge is 0.312 e. The first-order chi connectivity index (χ1) is 8.40. The normalized spacial score (nSPS) is 11.7. The third kappa shape index (κ3) is 4.43. The molecule has 0 aromatic heterocycles. The van der Waals surface area contributed by atoms with Crippen LogP contribution in [0.4, 0.5) is 4.79 Å². The van der Waals surface area contributed by atoms with Crippen LogP contribution in [0.3, 0.4) is 0 Å². The fraction of sp³-hybridized carbons (Fsp3) is 0.273. The molecular weight excluding hydrogens is 277 g/mol. The molecule has 0 bridgehead atoms. The van der Waals surface area contributed by atoms with E-state index in [-0.39, 0.29) is 18.5 Å². The Balaban J connectivity index is 2.62. The Labute approximate surface area is 115 Å². The molecule has 0 aliphatic heterocycles. The summed E-state index contributed by atoms with van der Waals surface area (Å²) in [5, 5.41) is 5.87. The summed E-state index contributed by atoms with van der Waals surface area (Å²) in [7, 11) is 0. The second-order valence-electron chi connectivity index (χ2n) is 3.67. The van der Waals surface area contributed by atoms with Crippen molar-refractivity contribution in [2.24, 2.45) is 5.73 Å². The Morgan fingerprint density at radius 2 is 2.06 bits per heavy atom. The zero-order valence-electron chi connectivity index (χ0n) is 9.67. The van der Waals surface area contributed by atoms with Gasteiger partial charge in [-0.05, 0) is 24.6 Å². The molecule has 98 valence electrons. The predicted octanol–water partition coefficient (Wildman–Crippen LogP) is 1.84. The average molecular weight is 290 g/mol. The standard InChI is InChI=1S/C11H13Cl2N3O2/c1-6(16-10(17)5-15-11(14)18)8-3-2-7(12)4-9(8)13/h2-4,6H,5H2,1H3,(H,16,17)(H3,14,15,18). The van der Waals surface area contributed by atoms with Gasteiger partial charge < -0.3 is 16.4 Å². The summed E-state index contributed by atoms with van der Waals surface area (Å²) in [5.74, 6) is -0.354. The van der Waals surface area contributed by atoms with Crippen molar-refractivity contribution in [3.63, 3.8) is 0 Å². The van der Waals surface area contributed by atoms with Gasteiger partial charge in [0.2, 0.25) is 5.91 Å². The van der Waals surface area contributed by atoms with Gasteiger partial charge in [0, 0.05) is 10.0 Å². The van der Waals surface area contributed by atoms with E-state index in [0.717, 1.165) is 5.56 Å². The lowest BCUT2D eigenvalue weighted by Crippen LogP contribution is -2.40. The number of amides is 3. The molecule has 3 amide bonds. The molecule has 0 saturated carbocycles. The lowest BCUT2D eigenvalue weighted by molar-refractivity contribution is -0.120. The van der Waals surface area contributed by atoms with Gasteiger partial charge >= 0.3 is 6.03 Å². The summed E-state index contributed by atoms with van der Waals surface area (Å²) in [5.41, 5.74) is 5.60. The van der Waals surface area contributed by atoms with Gasteiger partial charge in [-0.2, -0.15) is 0 Å². The van der Waals surface area contributed by atoms with Gasteiger partial charge in [-0.1, -0.05) is 29.3 Å². The van der Waals surface area contributed by atoms with E-state index in [1.165, 1.54) is 0 Å². The van der Waals surface area contributed by atoms with Crippen LogP contribution in [-0.4, -0.2) is 18.5 Å². The molecule has 7 heteroatoms. The highest BCUT2D eigenvalue weighted by atomic mass is 35.5. The summed E-state index contributed by atoms with van der Waals surface area (Å²) < 4.78 is 0. The van der Waals surface area contributed by atoms with Crippen molar-refractivity contribution in [1.29, 1.82) is 0 Å². The van der Waals surface area contributed by atoms with E-state index in [1.54, 1.807) is 25.1 Å². The van der Waals surface area contributed by atoms with Crippen molar-refractivity contribution in [1.82, 2.24) is 10.6 Å². The molecule has 18 heavy (non-hydrogen) atoms. The van der Waals surface area contributed by atoms with Gasteiger partial charge in [0.1, 0.15) is 0 Å². The van der Waals surface area contributed by atoms with E-state index < -0.39 is 6.03 Å². The monoisotopic (exact) mass is 289 g/mol. The topological polar surface area (TPSA) is 84.2 Å². The molecule has 1 atom stereocenters. The quantitative estimate of drug-likeness (QED) is 0.790. The van der Waals surface area contributed by atoms with Crippen molar-refractivity contribution in [2.45, 2.75) is 13.0 Å². The highest BCUT2D eigenvalue weighted by Gasteiger charge is 2.13. The number of nitrogens with one attached hydrogen (secondary N) is 2. The third-order valence-corrected chi connectivity index (χ3v) is 2.79. The summed E-state index contributed by atoms with van der Waals surface area (Å²) in [4.78, 5) is 21.9. The van der Waals surface area contributed by atoms with Gasteiger partial charge in [0.25, 0.3) is 0 Å². The van der Waals surface area contributed by atoms with E-state index in [2.05, 4.69) is 10.6 Å². The lowest BCUT2D eigenvalue weighted by atomic mass is 10.1. The van der Waals surface area contributed by atoms with Crippen molar-refractivity contribution >= 4 is 35.1 Å². The van der Waals surface area contributed by atoms with E-state index in [9.17, 15) is 9.59 Å². The van der Waals surface area contributed by atoms with E-state index in [1.807, 2.05) is 0 Å². The molecule has 5 nitrogen and oxygen atoms in total. The largest absolute Gasteiger partial charge is 0.352 e. The molecule has 1 unspecified atom stereocenters. The molecule has 0 saturated heterocycles. The van der Waals surface area contributed by atoms with Crippen LogP contribution in [0.25, 0.3) is 0 Å². The van der Waals surface area contributed by atoms with Crippen LogP contribution in [0.15, 0.2) is 18.2 Å². The molecule has 0 aliphatic carbocycles. The number of hydrogen-bond acceptors (Lipinski definition) is 2. The molecule has 0 spiro atoms. The third-order valence-electron chi connectivity index (χ3n) is 2.23. The number of nitrogens with two attached hydrogens (primary N) is 1. The fourth-order valence-corrected chi connectivity index (χ4v) is 1.96. The number of carbonyl (C=O) groups excluding carboxylic acids is 2. The number of halogens is 2. The van der Waals surface area contributed by atoms with Gasteiger partial charge in [0.15, 0.2) is 0 Å². The molecule has 1 aromatic carbocycles. The molecular formula is C11H13Cl2N3O2. The van der Waals surface area contributed by atoms with Crippen LogP contribution >= 0.6 is 23.2 Å². The molecule has 0 radical (unpaired) electrons.